The second kappa shape index (κ2) is 3.66. The lowest BCUT2D eigenvalue weighted by molar-refractivity contribution is -0.385. The van der Waals surface area contributed by atoms with Gasteiger partial charge in [-0.2, -0.15) is 0 Å². The minimum atomic E-state index is -0.705. The molecule has 0 aromatic heterocycles. The first-order chi connectivity index (χ1) is 6.15. The van der Waals surface area contributed by atoms with Crippen LogP contribution in [-0.4, -0.2) is 16.3 Å². The average Bonchev–Trinajstić information content (AvgIpc) is 2.08. The maximum absolute atomic E-state index is 10.3. The van der Waals surface area contributed by atoms with Gasteiger partial charge in [0.25, 0.3) is 0 Å². The molecule has 0 saturated heterocycles. The molecular formula is C8H6NO4. The number of aromatic hydroxyl groups is 1. The van der Waals surface area contributed by atoms with Crippen molar-refractivity contribution >= 4 is 12.0 Å². The maximum atomic E-state index is 10.3. The number of hydrogen-bond acceptors (Lipinski definition) is 4. The molecule has 0 aliphatic heterocycles. The molecule has 0 aliphatic carbocycles. The Balaban J connectivity index is 3.10. The van der Waals surface area contributed by atoms with Crippen LogP contribution in [0.1, 0.15) is 5.56 Å². The molecule has 13 heavy (non-hydrogen) atoms. The Hall–Kier alpha value is -1.91. The third-order valence-corrected chi connectivity index (χ3v) is 1.51. The van der Waals surface area contributed by atoms with Crippen molar-refractivity contribution in [3.63, 3.8) is 0 Å². The van der Waals surface area contributed by atoms with Gasteiger partial charge in [0.1, 0.15) is 0 Å². The lowest BCUT2D eigenvalue weighted by Gasteiger charge is -1.97. The molecule has 1 rings (SSSR count). The number of nitrogens with zero attached hydrogens (tertiary/aromatic N) is 1. The Morgan fingerprint density at radius 2 is 2.23 bits per heavy atom. The highest BCUT2D eigenvalue weighted by Crippen LogP contribution is 2.26. The van der Waals surface area contributed by atoms with Crippen LogP contribution in [-0.2, 0) is 11.2 Å². The minimum Gasteiger partial charge on any atom is -0.502 e. The molecule has 0 heterocycles. The van der Waals surface area contributed by atoms with E-state index >= 15 is 0 Å². The molecule has 1 aromatic rings. The van der Waals surface area contributed by atoms with Crippen molar-refractivity contribution < 1.29 is 14.8 Å². The van der Waals surface area contributed by atoms with E-state index in [4.69, 9.17) is 5.11 Å². The standard InChI is InChI=1S/C8H6NO4/c10-4-3-6-1-2-8(11)7(5-6)9(12)13/h1-2,5,11H,3H2. The van der Waals surface area contributed by atoms with Crippen LogP contribution in [0.4, 0.5) is 5.69 Å². The largest absolute Gasteiger partial charge is 0.502 e. The van der Waals surface area contributed by atoms with Crippen LogP contribution >= 0.6 is 0 Å². The highest BCUT2D eigenvalue weighted by molar-refractivity contribution is 5.58. The smallest absolute Gasteiger partial charge is 0.310 e. The quantitative estimate of drug-likeness (QED) is 0.554. The number of nitro groups is 1. The second-order valence-corrected chi connectivity index (χ2v) is 2.40. The monoisotopic (exact) mass is 180 g/mol. The van der Waals surface area contributed by atoms with Crippen LogP contribution in [0.2, 0.25) is 0 Å². The van der Waals surface area contributed by atoms with Crippen molar-refractivity contribution in [2.45, 2.75) is 6.42 Å². The molecule has 0 spiro atoms. The Bertz CT molecular complexity index is 348. The Morgan fingerprint density at radius 3 is 2.77 bits per heavy atom. The van der Waals surface area contributed by atoms with E-state index in [1.165, 1.54) is 12.1 Å². The van der Waals surface area contributed by atoms with Crippen LogP contribution in [0.5, 0.6) is 5.75 Å². The van der Waals surface area contributed by atoms with Crippen LogP contribution in [0.25, 0.3) is 0 Å². The Kier molecular flexibility index (Phi) is 2.59. The number of benzene rings is 1. The van der Waals surface area contributed by atoms with Gasteiger partial charge in [-0.3, -0.25) is 14.9 Å². The van der Waals surface area contributed by atoms with E-state index in [9.17, 15) is 14.9 Å². The Labute approximate surface area is 73.8 Å². The summed E-state index contributed by atoms with van der Waals surface area (Å²) in [6.45, 7) is 0. The van der Waals surface area contributed by atoms with E-state index in [2.05, 4.69) is 0 Å². The molecule has 5 heteroatoms. The maximum Gasteiger partial charge on any atom is 0.310 e. The zero-order chi connectivity index (χ0) is 9.84. The van der Waals surface area contributed by atoms with E-state index in [1.54, 1.807) is 6.29 Å². The third-order valence-electron chi connectivity index (χ3n) is 1.51. The van der Waals surface area contributed by atoms with Gasteiger partial charge in [-0.1, -0.05) is 6.07 Å². The summed E-state index contributed by atoms with van der Waals surface area (Å²) in [5.41, 5.74) is 0.0623. The molecule has 5 nitrogen and oxygen atoms in total. The SMILES string of the molecule is O=[C]Cc1ccc(O)c([N+](=O)[O-])c1. The van der Waals surface area contributed by atoms with E-state index in [-0.39, 0.29) is 6.42 Å². The normalized spacial score (nSPS) is 9.54. The fourth-order valence-electron chi connectivity index (χ4n) is 0.909. The number of phenols is 1. The number of rotatable bonds is 3. The number of nitro benzene ring substituents is 1. The topological polar surface area (TPSA) is 80.4 Å². The van der Waals surface area contributed by atoms with Gasteiger partial charge in [0.15, 0.2) is 5.75 Å². The first-order valence-electron chi connectivity index (χ1n) is 3.46. The van der Waals surface area contributed by atoms with Gasteiger partial charge >= 0.3 is 5.69 Å². The average molecular weight is 180 g/mol. The van der Waals surface area contributed by atoms with E-state index in [0.29, 0.717) is 5.56 Å². The number of hydrogen-bond donors (Lipinski definition) is 1. The predicted molar refractivity (Wildman–Crippen MR) is 44.2 cm³/mol. The molecule has 1 N–H and O–H groups in total. The highest BCUT2D eigenvalue weighted by Gasteiger charge is 2.12. The number of phenolic OH excluding ortho intramolecular Hbond substituents is 1. The van der Waals surface area contributed by atoms with E-state index in [1.807, 2.05) is 0 Å². The summed E-state index contributed by atoms with van der Waals surface area (Å²) in [5.74, 6) is -0.403. The van der Waals surface area contributed by atoms with Gasteiger partial charge in [-0.25, -0.2) is 0 Å². The van der Waals surface area contributed by atoms with Crippen molar-refractivity contribution in [1.29, 1.82) is 0 Å². The summed E-state index contributed by atoms with van der Waals surface area (Å²) in [6.07, 6.45) is 1.60. The molecule has 0 unspecified atom stereocenters. The van der Waals surface area contributed by atoms with Crippen LogP contribution in [0.15, 0.2) is 18.2 Å². The van der Waals surface area contributed by atoms with Crippen molar-refractivity contribution in [2.24, 2.45) is 0 Å². The molecule has 1 aromatic carbocycles. The van der Waals surface area contributed by atoms with Crippen molar-refractivity contribution in [1.82, 2.24) is 0 Å². The molecule has 0 amide bonds. The zero-order valence-corrected chi connectivity index (χ0v) is 6.56. The third kappa shape index (κ3) is 2.02. The van der Waals surface area contributed by atoms with Gasteiger partial charge in [-0.05, 0) is 11.6 Å². The van der Waals surface area contributed by atoms with Crippen LogP contribution in [0, 0.1) is 10.1 Å². The van der Waals surface area contributed by atoms with Crippen molar-refractivity contribution in [3.05, 3.63) is 33.9 Å². The van der Waals surface area contributed by atoms with Gasteiger partial charge in [-0.15, -0.1) is 0 Å². The molecule has 0 aliphatic rings. The highest BCUT2D eigenvalue weighted by atomic mass is 16.6. The van der Waals surface area contributed by atoms with Crippen LogP contribution < -0.4 is 0 Å². The van der Waals surface area contributed by atoms with Gasteiger partial charge in [0.2, 0.25) is 6.29 Å². The van der Waals surface area contributed by atoms with Crippen molar-refractivity contribution in [3.8, 4) is 5.75 Å². The second-order valence-electron chi connectivity index (χ2n) is 2.40. The lowest BCUT2D eigenvalue weighted by atomic mass is 10.1. The summed E-state index contributed by atoms with van der Waals surface area (Å²) >= 11 is 0. The predicted octanol–water partition coefficient (Wildman–Crippen LogP) is 0.953. The van der Waals surface area contributed by atoms with Gasteiger partial charge in [0, 0.05) is 12.5 Å². The molecule has 1 radical (unpaired) electrons. The molecule has 0 bridgehead atoms. The molecule has 0 atom stereocenters. The zero-order valence-electron chi connectivity index (χ0n) is 6.56. The summed E-state index contributed by atoms with van der Waals surface area (Å²) < 4.78 is 0. The lowest BCUT2D eigenvalue weighted by Crippen LogP contribution is -1.92. The van der Waals surface area contributed by atoms with Gasteiger partial charge < -0.3 is 5.11 Å². The van der Waals surface area contributed by atoms with Gasteiger partial charge in [0.05, 0.1) is 4.92 Å². The first-order valence-corrected chi connectivity index (χ1v) is 3.46. The summed E-state index contributed by atoms with van der Waals surface area (Å²) in [5, 5.41) is 19.4. The summed E-state index contributed by atoms with van der Waals surface area (Å²) in [7, 11) is 0. The summed E-state index contributed by atoms with van der Waals surface area (Å²) in [4.78, 5) is 19.6. The van der Waals surface area contributed by atoms with E-state index in [0.717, 1.165) is 6.07 Å². The summed E-state index contributed by atoms with van der Waals surface area (Å²) in [6, 6.07) is 3.78. The minimum absolute atomic E-state index is 0.0128. The number of carbonyl (C=O) groups excluding carboxylic acids is 1. The fraction of sp³-hybridized carbons (Fsp3) is 0.125. The molecule has 67 valence electrons. The molecular weight excluding hydrogens is 174 g/mol. The first kappa shape index (κ1) is 9.18. The van der Waals surface area contributed by atoms with E-state index < -0.39 is 16.4 Å². The molecule has 0 saturated carbocycles. The Morgan fingerprint density at radius 1 is 1.54 bits per heavy atom. The van der Waals surface area contributed by atoms with Crippen molar-refractivity contribution in [2.75, 3.05) is 0 Å². The van der Waals surface area contributed by atoms with Crippen LogP contribution in [0.3, 0.4) is 0 Å². The fourth-order valence-corrected chi connectivity index (χ4v) is 0.909. The molecule has 0 fully saturated rings.